The van der Waals surface area contributed by atoms with Crippen LogP contribution in [0.3, 0.4) is 0 Å². The first-order valence-corrected chi connectivity index (χ1v) is 6.60. The second kappa shape index (κ2) is 5.42. The molecule has 0 saturated carbocycles. The van der Waals surface area contributed by atoms with Crippen molar-refractivity contribution in [2.45, 2.75) is 23.3 Å². The summed E-state index contributed by atoms with van der Waals surface area (Å²) in [5.74, 6) is -14.7. The Bertz CT molecular complexity index is 657. The summed E-state index contributed by atoms with van der Waals surface area (Å²) in [4.78, 5) is 0. The highest BCUT2D eigenvalue weighted by molar-refractivity contribution is 7.87. The summed E-state index contributed by atoms with van der Waals surface area (Å²) in [5, 5.41) is -6.89. The quantitative estimate of drug-likeness (QED) is 0.583. The van der Waals surface area contributed by atoms with Crippen molar-refractivity contribution in [2.24, 2.45) is 0 Å². The molecule has 1 aromatic rings. The van der Waals surface area contributed by atoms with Gasteiger partial charge in [0.25, 0.3) is 0 Å². The standard InChI is InChI=1S/C9H5F9NO3S/c10-6(11,8(14,15)16)7(12,13)9(17,18)23(20,21)22-19-4-2-1-3-5-19/h1-5H/q+1. The number of aromatic nitrogens is 1. The minimum atomic E-state index is -7.33. The lowest BCUT2D eigenvalue weighted by Gasteiger charge is -2.31. The van der Waals surface area contributed by atoms with E-state index in [4.69, 9.17) is 0 Å². The van der Waals surface area contributed by atoms with Crippen molar-refractivity contribution in [1.29, 1.82) is 0 Å². The van der Waals surface area contributed by atoms with Gasteiger partial charge in [-0.25, -0.2) is 0 Å². The third-order valence-electron chi connectivity index (χ3n) is 2.30. The first-order chi connectivity index (χ1) is 10.1. The van der Waals surface area contributed by atoms with Crippen LogP contribution in [0.2, 0.25) is 0 Å². The van der Waals surface area contributed by atoms with Crippen LogP contribution >= 0.6 is 0 Å². The Morgan fingerprint density at radius 1 is 0.739 bits per heavy atom. The number of hydrogen-bond acceptors (Lipinski definition) is 3. The monoisotopic (exact) mass is 378 g/mol. The van der Waals surface area contributed by atoms with Crippen LogP contribution in [0.5, 0.6) is 0 Å². The van der Waals surface area contributed by atoms with E-state index in [1.165, 1.54) is 6.07 Å². The molecular formula is C9H5F9NO3S+. The van der Waals surface area contributed by atoms with Gasteiger partial charge in [-0.05, 0) is 0 Å². The fraction of sp³-hybridized carbons (Fsp3) is 0.444. The van der Waals surface area contributed by atoms with Gasteiger partial charge in [0.15, 0.2) is 0 Å². The molecule has 1 heterocycles. The summed E-state index contributed by atoms with van der Waals surface area (Å²) >= 11 is 0. The van der Waals surface area contributed by atoms with Gasteiger partial charge in [0.05, 0.1) is 0 Å². The zero-order valence-corrected chi connectivity index (χ0v) is 11.2. The van der Waals surface area contributed by atoms with Crippen LogP contribution in [0.4, 0.5) is 39.5 Å². The normalized spacial score (nSPS) is 14.7. The highest BCUT2D eigenvalue weighted by Crippen LogP contribution is 2.54. The van der Waals surface area contributed by atoms with Crippen LogP contribution in [0.15, 0.2) is 30.6 Å². The van der Waals surface area contributed by atoms with Gasteiger partial charge >= 0.3 is 33.4 Å². The van der Waals surface area contributed by atoms with Crippen molar-refractivity contribution in [3.8, 4) is 0 Å². The van der Waals surface area contributed by atoms with Crippen LogP contribution < -0.4 is 9.01 Å². The average molecular weight is 378 g/mol. The smallest absolute Gasteiger partial charge is 0.191 e. The Morgan fingerprint density at radius 2 is 1.17 bits per heavy atom. The fourth-order valence-corrected chi connectivity index (χ4v) is 1.97. The Hall–Kier alpha value is -1.73. The molecule has 0 spiro atoms. The summed E-state index contributed by atoms with van der Waals surface area (Å²) < 4.78 is 139. The van der Waals surface area contributed by atoms with Crippen molar-refractivity contribution in [1.82, 2.24) is 0 Å². The Labute approximate surface area is 122 Å². The second-order valence-electron chi connectivity index (χ2n) is 3.93. The van der Waals surface area contributed by atoms with Crippen molar-refractivity contribution in [3.63, 3.8) is 0 Å². The molecular weight excluding hydrogens is 373 g/mol. The number of nitrogens with zero attached hydrogens (tertiary/aromatic N) is 1. The van der Waals surface area contributed by atoms with Gasteiger partial charge in [-0.1, -0.05) is 6.07 Å². The van der Waals surface area contributed by atoms with Gasteiger partial charge < -0.3 is 0 Å². The topological polar surface area (TPSA) is 47.3 Å². The lowest BCUT2D eigenvalue weighted by molar-refractivity contribution is -0.857. The van der Waals surface area contributed by atoms with Gasteiger partial charge in [0, 0.05) is 16.9 Å². The van der Waals surface area contributed by atoms with Crippen molar-refractivity contribution >= 4 is 10.1 Å². The maximum Gasteiger partial charge on any atom is 0.460 e. The Kier molecular flexibility index (Phi) is 4.55. The van der Waals surface area contributed by atoms with Crippen molar-refractivity contribution < 1.29 is 56.9 Å². The molecule has 14 heteroatoms. The number of halogens is 9. The molecule has 0 unspecified atom stereocenters. The number of rotatable bonds is 5. The summed E-state index contributed by atoms with van der Waals surface area (Å²) in [5.41, 5.74) is 0. The first-order valence-electron chi connectivity index (χ1n) is 5.19. The summed E-state index contributed by atoms with van der Waals surface area (Å²) in [6.45, 7) is 0. The molecule has 0 aromatic carbocycles. The molecule has 1 aromatic heterocycles. The molecule has 0 aliphatic heterocycles. The van der Waals surface area contributed by atoms with Crippen LogP contribution in [0.1, 0.15) is 0 Å². The number of hydrogen-bond donors (Lipinski definition) is 0. The zero-order chi connectivity index (χ0) is 18.3. The van der Waals surface area contributed by atoms with Gasteiger partial charge in [0.1, 0.15) is 0 Å². The Morgan fingerprint density at radius 3 is 1.57 bits per heavy atom. The van der Waals surface area contributed by atoms with Crippen LogP contribution in [-0.2, 0) is 10.1 Å². The Balaban J connectivity index is 3.33. The molecule has 0 amide bonds. The minimum Gasteiger partial charge on any atom is -0.191 e. The lowest BCUT2D eigenvalue weighted by atomic mass is 10.1. The summed E-state index contributed by atoms with van der Waals surface area (Å²) in [7, 11) is -6.91. The van der Waals surface area contributed by atoms with Gasteiger partial charge in [-0.2, -0.15) is 47.9 Å². The molecule has 0 N–H and O–H groups in total. The molecule has 23 heavy (non-hydrogen) atoms. The summed E-state index contributed by atoms with van der Waals surface area (Å²) in [6, 6.07) is 3.14. The lowest BCUT2D eigenvalue weighted by Crippen LogP contribution is -2.65. The van der Waals surface area contributed by atoms with Crippen LogP contribution in [0, 0.1) is 0 Å². The molecule has 4 nitrogen and oxygen atoms in total. The predicted octanol–water partition coefficient (Wildman–Crippen LogP) is 2.16. The molecule has 0 atom stereocenters. The highest BCUT2D eigenvalue weighted by atomic mass is 32.2. The van der Waals surface area contributed by atoms with E-state index in [1.54, 1.807) is 0 Å². The van der Waals surface area contributed by atoms with E-state index in [1.807, 2.05) is 0 Å². The molecule has 0 radical (unpaired) electrons. The third kappa shape index (κ3) is 3.03. The fourth-order valence-electron chi connectivity index (χ4n) is 1.11. The van der Waals surface area contributed by atoms with Gasteiger partial charge in [-0.15, -0.1) is 4.28 Å². The minimum absolute atomic E-state index is 0.106. The maximum absolute atomic E-state index is 13.2. The average Bonchev–Trinajstić information content (AvgIpc) is 2.37. The van der Waals surface area contributed by atoms with Gasteiger partial charge in [0.2, 0.25) is 12.4 Å². The summed E-state index contributed by atoms with van der Waals surface area (Å²) in [6.07, 6.45) is -5.95. The number of pyridine rings is 1. The van der Waals surface area contributed by atoms with Gasteiger partial charge in [-0.3, -0.25) is 0 Å². The molecule has 0 aliphatic carbocycles. The van der Waals surface area contributed by atoms with E-state index >= 15 is 0 Å². The van der Waals surface area contributed by atoms with Crippen molar-refractivity contribution in [3.05, 3.63) is 30.6 Å². The molecule has 0 saturated heterocycles. The van der Waals surface area contributed by atoms with Crippen LogP contribution in [-0.4, -0.2) is 31.7 Å². The van der Waals surface area contributed by atoms with E-state index < -0.39 is 33.4 Å². The van der Waals surface area contributed by atoms with E-state index in [0.29, 0.717) is 12.4 Å². The van der Waals surface area contributed by atoms with Crippen molar-refractivity contribution in [2.75, 3.05) is 0 Å². The van der Waals surface area contributed by atoms with E-state index in [2.05, 4.69) is 4.28 Å². The first kappa shape index (κ1) is 19.3. The van der Waals surface area contributed by atoms with E-state index in [9.17, 15) is 47.9 Å². The van der Waals surface area contributed by atoms with E-state index in [-0.39, 0.29) is 4.73 Å². The molecule has 0 bridgehead atoms. The molecule has 132 valence electrons. The second-order valence-corrected chi connectivity index (χ2v) is 5.50. The molecule has 0 aliphatic rings. The number of alkyl halides is 9. The zero-order valence-electron chi connectivity index (χ0n) is 10.4. The van der Waals surface area contributed by atoms with Crippen LogP contribution in [0.25, 0.3) is 0 Å². The third-order valence-corrected chi connectivity index (χ3v) is 3.55. The maximum atomic E-state index is 13.2. The van der Waals surface area contributed by atoms with E-state index in [0.717, 1.165) is 12.1 Å². The highest BCUT2D eigenvalue weighted by Gasteiger charge is 2.86. The SMILES string of the molecule is O=S(=O)(O[n+]1ccccc1)C(F)(F)C(F)(F)C(F)(F)C(F)(F)F. The predicted molar refractivity (Wildman–Crippen MR) is 53.0 cm³/mol. The molecule has 0 fully saturated rings. The largest absolute Gasteiger partial charge is 0.460 e. The molecule has 1 rings (SSSR count).